The fourth-order valence-electron chi connectivity index (χ4n) is 1.25. The second-order valence-electron chi connectivity index (χ2n) is 3.42. The van der Waals surface area contributed by atoms with Crippen molar-refractivity contribution in [3.05, 3.63) is 34.5 Å². The van der Waals surface area contributed by atoms with Gasteiger partial charge in [0.15, 0.2) is 0 Å². The molecule has 0 aliphatic heterocycles. The third-order valence-corrected chi connectivity index (χ3v) is 2.62. The highest BCUT2D eigenvalue weighted by molar-refractivity contribution is 7.07. The number of carbonyl (C=O) groups is 2. The molecule has 1 aromatic rings. The summed E-state index contributed by atoms with van der Waals surface area (Å²) in [6, 6.07) is 1.99. The van der Waals surface area contributed by atoms with Crippen molar-refractivity contribution in [1.29, 1.82) is 0 Å². The molecule has 0 saturated heterocycles. The normalized spacial score (nSPS) is 12.6. The van der Waals surface area contributed by atoms with E-state index in [0.29, 0.717) is 0 Å². The van der Waals surface area contributed by atoms with Crippen LogP contribution in [0.2, 0.25) is 0 Å². The van der Waals surface area contributed by atoms with Gasteiger partial charge in [-0.1, -0.05) is 0 Å². The molecule has 1 amide bonds. The zero-order chi connectivity index (χ0) is 12.0. The van der Waals surface area contributed by atoms with E-state index in [2.05, 4.69) is 5.32 Å². The highest BCUT2D eigenvalue weighted by Gasteiger charge is 2.06. The molecule has 1 aromatic heterocycles. The third-order valence-electron chi connectivity index (χ3n) is 1.89. The van der Waals surface area contributed by atoms with Gasteiger partial charge in [0.05, 0.1) is 0 Å². The van der Waals surface area contributed by atoms with E-state index in [9.17, 15) is 9.59 Å². The Morgan fingerprint density at radius 3 is 2.88 bits per heavy atom. The lowest BCUT2D eigenvalue weighted by Crippen LogP contribution is -2.32. The maximum Gasteiger partial charge on any atom is 0.328 e. The van der Waals surface area contributed by atoms with Crippen LogP contribution in [-0.4, -0.2) is 23.0 Å². The molecule has 0 radical (unpaired) electrons. The molecule has 1 rings (SSSR count). The number of amides is 1. The van der Waals surface area contributed by atoms with Gasteiger partial charge in [-0.15, -0.1) is 0 Å². The number of carbonyl (C=O) groups excluding carboxylic acids is 1. The Bertz CT molecular complexity index is 384. The van der Waals surface area contributed by atoms with Crippen LogP contribution in [0, 0.1) is 0 Å². The topological polar surface area (TPSA) is 66.4 Å². The molecule has 86 valence electrons. The monoisotopic (exact) mass is 239 g/mol. The largest absolute Gasteiger partial charge is 0.478 e. The first kappa shape index (κ1) is 12.4. The van der Waals surface area contributed by atoms with E-state index in [1.54, 1.807) is 11.3 Å². The van der Waals surface area contributed by atoms with Crippen molar-refractivity contribution in [2.75, 3.05) is 0 Å². The second-order valence-corrected chi connectivity index (χ2v) is 4.20. The average molecular weight is 239 g/mol. The Morgan fingerprint density at radius 2 is 2.31 bits per heavy atom. The number of thiophene rings is 1. The summed E-state index contributed by atoms with van der Waals surface area (Å²) in [6.45, 7) is 1.88. The summed E-state index contributed by atoms with van der Waals surface area (Å²) in [6.07, 6.45) is 2.59. The summed E-state index contributed by atoms with van der Waals surface area (Å²) in [5, 5.41) is 15.0. The van der Waals surface area contributed by atoms with Crippen molar-refractivity contribution >= 4 is 23.2 Å². The van der Waals surface area contributed by atoms with E-state index in [1.165, 1.54) is 5.56 Å². The highest BCUT2D eigenvalue weighted by Crippen LogP contribution is 2.08. The average Bonchev–Trinajstić information content (AvgIpc) is 2.67. The fourth-order valence-corrected chi connectivity index (χ4v) is 1.93. The van der Waals surface area contributed by atoms with E-state index in [0.717, 1.165) is 18.6 Å². The van der Waals surface area contributed by atoms with Gasteiger partial charge < -0.3 is 10.4 Å². The van der Waals surface area contributed by atoms with Crippen molar-refractivity contribution in [3.8, 4) is 0 Å². The van der Waals surface area contributed by atoms with Gasteiger partial charge >= 0.3 is 5.97 Å². The Morgan fingerprint density at radius 1 is 1.56 bits per heavy atom. The number of hydrogen-bond donors (Lipinski definition) is 2. The Balaban J connectivity index is 2.37. The van der Waals surface area contributed by atoms with E-state index in [-0.39, 0.29) is 11.9 Å². The Labute approximate surface area is 97.6 Å². The quantitative estimate of drug-likeness (QED) is 0.764. The Hall–Kier alpha value is -1.62. The van der Waals surface area contributed by atoms with Gasteiger partial charge in [0, 0.05) is 18.2 Å². The second kappa shape index (κ2) is 6.07. The van der Waals surface area contributed by atoms with Gasteiger partial charge in [-0.25, -0.2) is 4.79 Å². The molecule has 1 unspecified atom stereocenters. The first-order chi connectivity index (χ1) is 7.58. The predicted molar refractivity (Wildman–Crippen MR) is 62.4 cm³/mol. The van der Waals surface area contributed by atoms with Crippen LogP contribution in [0.5, 0.6) is 0 Å². The standard InChI is InChI=1S/C11H13NO3S/c1-8(6-9-4-5-16-7-9)12-10(13)2-3-11(14)15/h2-5,7-8H,6H2,1H3,(H,12,13)(H,14,15)/b3-2+. The van der Waals surface area contributed by atoms with E-state index < -0.39 is 5.97 Å². The first-order valence-corrected chi connectivity index (χ1v) is 5.75. The summed E-state index contributed by atoms with van der Waals surface area (Å²) >= 11 is 1.61. The molecular weight excluding hydrogens is 226 g/mol. The number of rotatable bonds is 5. The van der Waals surface area contributed by atoms with Crippen LogP contribution in [0.15, 0.2) is 29.0 Å². The molecule has 0 fully saturated rings. The van der Waals surface area contributed by atoms with Crippen LogP contribution in [0.1, 0.15) is 12.5 Å². The molecule has 5 heteroatoms. The van der Waals surface area contributed by atoms with Gasteiger partial charge in [-0.05, 0) is 35.7 Å². The van der Waals surface area contributed by atoms with Gasteiger partial charge in [-0.2, -0.15) is 11.3 Å². The van der Waals surface area contributed by atoms with Crippen molar-refractivity contribution in [1.82, 2.24) is 5.32 Å². The summed E-state index contributed by atoms with van der Waals surface area (Å²) in [5.74, 6) is -1.51. The summed E-state index contributed by atoms with van der Waals surface area (Å²) in [5.41, 5.74) is 1.17. The van der Waals surface area contributed by atoms with Crippen LogP contribution < -0.4 is 5.32 Å². The number of nitrogens with one attached hydrogen (secondary N) is 1. The van der Waals surface area contributed by atoms with Crippen LogP contribution in [-0.2, 0) is 16.0 Å². The van der Waals surface area contributed by atoms with E-state index in [4.69, 9.17) is 5.11 Å². The van der Waals surface area contributed by atoms with Crippen molar-refractivity contribution < 1.29 is 14.7 Å². The number of hydrogen-bond acceptors (Lipinski definition) is 3. The van der Waals surface area contributed by atoms with E-state index in [1.807, 2.05) is 23.8 Å². The molecule has 0 spiro atoms. The lowest BCUT2D eigenvalue weighted by molar-refractivity contribution is -0.131. The maximum absolute atomic E-state index is 11.2. The summed E-state index contributed by atoms with van der Waals surface area (Å²) in [7, 11) is 0. The molecule has 0 aliphatic carbocycles. The Kier molecular flexibility index (Phi) is 4.72. The highest BCUT2D eigenvalue weighted by atomic mass is 32.1. The minimum Gasteiger partial charge on any atom is -0.478 e. The predicted octanol–water partition coefficient (Wildman–Crippen LogP) is 1.44. The third kappa shape index (κ3) is 4.75. The molecule has 0 aliphatic rings. The minimum atomic E-state index is -1.12. The summed E-state index contributed by atoms with van der Waals surface area (Å²) < 4.78 is 0. The molecule has 1 atom stereocenters. The number of aliphatic carboxylic acids is 1. The molecule has 4 nitrogen and oxygen atoms in total. The molecule has 0 bridgehead atoms. The zero-order valence-electron chi connectivity index (χ0n) is 8.84. The van der Waals surface area contributed by atoms with Crippen LogP contribution in [0.25, 0.3) is 0 Å². The van der Waals surface area contributed by atoms with Gasteiger partial charge in [0.1, 0.15) is 0 Å². The molecule has 0 aromatic carbocycles. The van der Waals surface area contributed by atoms with Crippen LogP contribution in [0.4, 0.5) is 0 Å². The smallest absolute Gasteiger partial charge is 0.328 e. The van der Waals surface area contributed by atoms with Crippen LogP contribution >= 0.6 is 11.3 Å². The summed E-state index contributed by atoms with van der Waals surface area (Å²) in [4.78, 5) is 21.4. The zero-order valence-corrected chi connectivity index (χ0v) is 9.66. The maximum atomic E-state index is 11.2. The van der Waals surface area contributed by atoms with Gasteiger partial charge in [-0.3, -0.25) is 4.79 Å². The molecule has 1 heterocycles. The van der Waals surface area contributed by atoms with Gasteiger partial charge in [0.25, 0.3) is 0 Å². The number of carboxylic acids is 1. The van der Waals surface area contributed by atoms with Crippen molar-refractivity contribution in [2.45, 2.75) is 19.4 Å². The van der Waals surface area contributed by atoms with Crippen molar-refractivity contribution in [3.63, 3.8) is 0 Å². The van der Waals surface area contributed by atoms with Crippen LogP contribution in [0.3, 0.4) is 0 Å². The SMILES string of the molecule is CC(Cc1ccsc1)NC(=O)/C=C/C(=O)O. The molecule has 16 heavy (non-hydrogen) atoms. The van der Waals surface area contributed by atoms with Crippen molar-refractivity contribution in [2.24, 2.45) is 0 Å². The fraction of sp³-hybridized carbons (Fsp3) is 0.273. The molecule has 2 N–H and O–H groups in total. The molecule has 0 saturated carbocycles. The molecular formula is C11H13NO3S. The lowest BCUT2D eigenvalue weighted by Gasteiger charge is -2.10. The first-order valence-electron chi connectivity index (χ1n) is 4.80. The van der Waals surface area contributed by atoms with Gasteiger partial charge in [0.2, 0.25) is 5.91 Å². The lowest BCUT2D eigenvalue weighted by atomic mass is 10.1. The number of carboxylic acid groups (broad SMARTS) is 1. The van der Waals surface area contributed by atoms with E-state index >= 15 is 0 Å². The minimum absolute atomic E-state index is 0.0134.